The monoisotopic (exact) mass is 886 g/mol. The van der Waals surface area contributed by atoms with E-state index in [1.807, 2.05) is 0 Å². The van der Waals surface area contributed by atoms with Gasteiger partial charge in [-0.1, -0.05) is 164 Å². The fourth-order valence-electron chi connectivity index (χ4n) is 10.5. The van der Waals surface area contributed by atoms with Gasteiger partial charge in [0.2, 0.25) is 0 Å². The molecule has 2 heterocycles. The largest absolute Gasteiger partial charge is 0.494 e. The Kier molecular flexibility index (Phi) is 14.5. The summed E-state index contributed by atoms with van der Waals surface area (Å²) in [6.07, 6.45) is 18.3. The highest BCUT2D eigenvalue weighted by atomic mass is 16.7. The normalized spacial score (nSPS) is 18.4. The molecule has 0 aromatic heterocycles. The van der Waals surface area contributed by atoms with Gasteiger partial charge >= 0.3 is 14.2 Å². The van der Waals surface area contributed by atoms with Crippen molar-refractivity contribution in [3.63, 3.8) is 0 Å². The lowest BCUT2D eigenvalue weighted by molar-refractivity contribution is 0.00578. The van der Waals surface area contributed by atoms with Gasteiger partial charge in [-0.3, -0.25) is 0 Å². The third-order valence-electron chi connectivity index (χ3n) is 16.0. The zero-order chi connectivity index (χ0) is 46.7. The minimum absolute atomic E-state index is 0.0483. The van der Waals surface area contributed by atoms with Gasteiger partial charge < -0.3 is 23.5 Å². The molecule has 5 nitrogen and oxygen atoms in total. The molecule has 2 aliphatic heterocycles. The highest BCUT2D eigenvalue weighted by molar-refractivity contribution is 6.62. The van der Waals surface area contributed by atoms with Crippen LogP contribution < -0.4 is 15.8 Å². The van der Waals surface area contributed by atoms with Crippen LogP contribution in [0, 0.1) is 0 Å². The molecule has 348 valence electrons. The predicted octanol–water partition coefficient (Wildman–Crippen LogP) is 15.2. The highest BCUT2D eigenvalue weighted by Gasteiger charge is 2.53. The van der Waals surface area contributed by atoms with Crippen molar-refractivity contribution in [2.24, 2.45) is 0 Å². The fourth-order valence-corrected chi connectivity index (χ4v) is 10.5. The van der Waals surface area contributed by atoms with E-state index in [4.69, 9.17) is 18.6 Å². The summed E-state index contributed by atoms with van der Waals surface area (Å²) in [5.74, 6) is 0. The van der Waals surface area contributed by atoms with Crippen molar-refractivity contribution >= 4 is 42.2 Å². The highest BCUT2D eigenvalue weighted by Crippen LogP contribution is 2.55. The molecule has 2 saturated heterocycles. The van der Waals surface area contributed by atoms with E-state index in [0.717, 1.165) is 28.0 Å². The first-order valence-corrected chi connectivity index (χ1v) is 25.7. The molecule has 5 aromatic carbocycles. The number of hydrogen-bond acceptors (Lipinski definition) is 5. The third kappa shape index (κ3) is 9.75. The van der Waals surface area contributed by atoms with E-state index in [2.05, 4.69) is 189 Å². The van der Waals surface area contributed by atoms with Crippen LogP contribution in [-0.2, 0) is 24.0 Å². The predicted molar refractivity (Wildman–Crippen MR) is 280 cm³/mol. The molecule has 0 bridgehead atoms. The van der Waals surface area contributed by atoms with Crippen molar-refractivity contribution in [2.75, 3.05) is 4.90 Å². The third-order valence-corrected chi connectivity index (χ3v) is 16.0. The second-order valence-electron chi connectivity index (χ2n) is 21.7. The van der Waals surface area contributed by atoms with Crippen LogP contribution in [0.4, 0.5) is 17.1 Å². The van der Waals surface area contributed by atoms with Crippen LogP contribution in [0.25, 0.3) is 22.3 Å². The van der Waals surface area contributed by atoms with E-state index in [0.29, 0.717) is 0 Å². The van der Waals surface area contributed by atoms with Crippen molar-refractivity contribution in [3.05, 3.63) is 126 Å². The molecule has 5 aromatic rings. The lowest BCUT2D eigenvalue weighted by atomic mass is 9.70. The Bertz CT molecular complexity index is 2260. The van der Waals surface area contributed by atoms with Crippen LogP contribution in [0.1, 0.15) is 170 Å². The fraction of sp³-hybridized carbons (Fsp3) is 0.492. The van der Waals surface area contributed by atoms with Gasteiger partial charge in [-0.05, 0) is 155 Å². The van der Waals surface area contributed by atoms with Crippen LogP contribution in [0.3, 0.4) is 0 Å². The maximum Gasteiger partial charge on any atom is 0.494 e. The second kappa shape index (κ2) is 19.8. The number of hydrogen-bond donors (Lipinski definition) is 0. The zero-order valence-electron chi connectivity index (χ0n) is 42.1. The van der Waals surface area contributed by atoms with Gasteiger partial charge in [-0.25, -0.2) is 0 Å². The quantitative estimate of drug-likeness (QED) is 0.0575. The Morgan fingerprint density at radius 2 is 0.773 bits per heavy atom. The first-order chi connectivity index (χ1) is 31.6. The van der Waals surface area contributed by atoms with Crippen LogP contribution in [0.15, 0.2) is 115 Å². The van der Waals surface area contributed by atoms with Crippen LogP contribution in [0.2, 0.25) is 0 Å². The van der Waals surface area contributed by atoms with Gasteiger partial charge in [0.25, 0.3) is 0 Å². The molecule has 0 N–H and O–H groups in total. The maximum absolute atomic E-state index is 6.44. The Hall–Kier alpha value is -4.13. The Labute approximate surface area is 399 Å². The minimum Gasteiger partial charge on any atom is -0.399 e. The minimum atomic E-state index is -0.425. The Morgan fingerprint density at radius 1 is 0.394 bits per heavy atom. The summed E-state index contributed by atoms with van der Waals surface area (Å²) in [5, 5.41) is 0. The number of unbranched alkanes of at least 4 members (excludes halogenated alkanes) is 10. The van der Waals surface area contributed by atoms with E-state index < -0.39 is 36.6 Å². The van der Waals surface area contributed by atoms with Gasteiger partial charge in [-0.2, -0.15) is 0 Å². The molecule has 0 unspecified atom stereocenters. The first-order valence-electron chi connectivity index (χ1n) is 25.7. The van der Waals surface area contributed by atoms with E-state index in [1.54, 1.807) is 5.56 Å². The maximum atomic E-state index is 6.44. The van der Waals surface area contributed by atoms with E-state index in [9.17, 15) is 0 Å². The van der Waals surface area contributed by atoms with Gasteiger partial charge in [0.1, 0.15) is 0 Å². The van der Waals surface area contributed by atoms with E-state index in [1.165, 1.54) is 118 Å². The topological polar surface area (TPSA) is 40.2 Å². The summed E-state index contributed by atoms with van der Waals surface area (Å²) in [6, 6.07) is 43.2. The molecule has 0 amide bonds. The van der Waals surface area contributed by atoms with Crippen molar-refractivity contribution in [2.45, 2.75) is 187 Å². The smallest absolute Gasteiger partial charge is 0.399 e. The molecular weight excluding hydrogens is 808 g/mol. The van der Waals surface area contributed by atoms with E-state index >= 15 is 0 Å². The molecule has 1 aliphatic carbocycles. The second-order valence-corrected chi connectivity index (χ2v) is 21.7. The standard InChI is InChI=1S/C59H77B2NO4/c1-11-13-15-17-19-23-41-59(42-24-20-18-16-14-12-2)53-26-22-21-25-51(53)52-40-29-45(43-54(52)59)44-27-34-48(35-28-44)62(49-36-30-46(31-37-49)60-63-55(3,4)56(5,6)64-60)50-38-32-47(33-39-50)61-65-57(7,8)58(9,10)66-61/h21-22,25-40,43H,11-20,23-24,41-42H2,1-10H3. The number of anilines is 3. The molecule has 0 saturated carbocycles. The van der Waals surface area contributed by atoms with Crippen LogP contribution >= 0.6 is 0 Å². The number of nitrogens with zero attached hydrogens (tertiary/aromatic N) is 1. The molecule has 2 fully saturated rings. The average Bonchev–Trinajstić information content (AvgIpc) is 3.80. The first kappa shape index (κ1) is 48.3. The summed E-state index contributed by atoms with van der Waals surface area (Å²) in [7, 11) is -0.849. The summed E-state index contributed by atoms with van der Waals surface area (Å²) in [4.78, 5) is 2.33. The molecular formula is C59H77B2NO4. The van der Waals surface area contributed by atoms with Crippen molar-refractivity contribution in [1.82, 2.24) is 0 Å². The molecule has 8 rings (SSSR count). The molecule has 3 aliphatic rings. The molecule has 0 radical (unpaired) electrons. The van der Waals surface area contributed by atoms with Crippen molar-refractivity contribution in [1.29, 1.82) is 0 Å². The zero-order valence-corrected chi connectivity index (χ0v) is 42.1. The van der Waals surface area contributed by atoms with Gasteiger partial charge in [-0.15, -0.1) is 0 Å². The average molecular weight is 886 g/mol. The van der Waals surface area contributed by atoms with Crippen molar-refractivity contribution in [3.8, 4) is 22.3 Å². The van der Waals surface area contributed by atoms with Crippen LogP contribution in [-0.4, -0.2) is 36.6 Å². The SMILES string of the molecule is CCCCCCCCC1(CCCCCCCC)c2ccccc2-c2ccc(-c3ccc(N(c4ccc(B5OC(C)(C)C(C)(C)O5)cc4)c4ccc(B5OC(C)(C)C(C)(C)O5)cc4)cc3)cc21. The number of rotatable bonds is 20. The summed E-state index contributed by atoms with van der Waals surface area (Å²) in [6.45, 7) is 21.4. The van der Waals surface area contributed by atoms with Gasteiger partial charge in [0.15, 0.2) is 0 Å². The number of fused-ring (bicyclic) bond motifs is 3. The van der Waals surface area contributed by atoms with Gasteiger partial charge in [0.05, 0.1) is 22.4 Å². The molecule has 66 heavy (non-hydrogen) atoms. The molecule has 0 atom stereocenters. The molecule has 0 spiro atoms. The molecule has 7 heteroatoms. The van der Waals surface area contributed by atoms with E-state index in [-0.39, 0.29) is 5.41 Å². The Morgan fingerprint density at radius 3 is 1.23 bits per heavy atom. The van der Waals surface area contributed by atoms with Gasteiger partial charge in [0, 0.05) is 22.5 Å². The lowest BCUT2D eigenvalue weighted by Crippen LogP contribution is -2.41. The van der Waals surface area contributed by atoms with Crippen LogP contribution in [0.5, 0.6) is 0 Å². The number of benzene rings is 5. The lowest BCUT2D eigenvalue weighted by Gasteiger charge is -2.33. The Balaban J connectivity index is 1.11. The summed E-state index contributed by atoms with van der Waals surface area (Å²) >= 11 is 0. The summed E-state index contributed by atoms with van der Waals surface area (Å²) in [5.41, 5.74) is 12.1. The summed E-state index contributed by atoms with van der Waals surface area (Å²) < 4.78 is 25.8. The van der Waals surface area contributed by atoms with Crippen molar-refractivity contribution < 1.29 is 18.6 Å².